The highest BCUT2D eigenvalue weighted by Crippen LogP contribution is 2.24. The summed E-state index contributed by atoms with van der Waals surface area (Å²) in [6.45, 7) is 6.97. The van der Waals surface area contributed by atoms with E-state index in [2.05, 4.69) is 6.58 Å². The van der Waals surface area contributed by atoms with Crippen molar-refractivity contribution in [1.82, 2.24) is 9.80 Å². The van der Waals surface area contributed by atoms with Gasteiger partial charge in [-0.05, 0) is 19.4 Å². The number of likely N-dealkylation sites (tertiary alicyclic amines) is 1. The van der Waals surface area contributed by atoms with Gasteiger partial charge in [-0.2, -0.15) is 0 Å². The molecule has 128 valence electrons. The number of rotatable bonds is 5. The third kappa shape index (κ3) is 5.43. The topological polar surface area (TPSA) is 76.2 Å². The van der Waals surface area contributed by atoms with Gasteiger partial charge in [-0.1, -0.05) is 18.7 Å². The van der Waals surface area contributed by atoms with Crippen LogP contribution >= 0.6 is 0 Å². The van der Waals surface area contributed by atoms with Crippen LogP contribution in [-0.4, -0.2) is 67.2 Å². The van der Waals surface area contributed by atoms with E-state index in [1.165, 1.54) is 22.8 Å². The fourth-order valence-corrected chi connectivity index (χ4v) is 2.15. The Morgan fingerprint density at radius 1 is 1.30 bits per heavy atom. The van der Waals surface area contributed by atoms with Crippen LogP contribution in [0.2, 0.25) is 0 Å². The third-order valence-corrected chi connectivity index (χ3v) is 3.49. The number of ether oxygens (including phenoxy) is 2. The smallest absolute Gasteiger partial charge is 0.410 e. The summed E-state index contributed by atoms with van der Waals surface area (Å²) in [7, 11) is 3.18. The van der Waals surface area contributed by atoms with Crippen LogP contribution in [0, 0.1) is 0 Å². The van der Waals surface area contributed by atoms with Gasteiger partial charge in [0.15, 0.2) is 5.78 Å². The van der Waals surface area contributed by atoms with Crippen molar-refractivity contribution in [1.29, 1.82) is 0 Å². The number of hydrogen-bond acceptors (Lipinski definition) is 5. The molecule has 0 N–H and O–H groups in total. The van der Waals surface area contributed by atoms with E-state index in [1.807, 2.05) is 0 Å². The Kier molecular flexibility index (Phi) is 6.81. The molecule has 0 aromatic rings. The van der Waals surface area contributed by atoms with Crippen LogP contribution in [0.15, 0.2) is 24.3 Å². The Morgan fingerprint density at radius 2 is 1.96 bits per heavy atom. The normalized spacial score (nSPS) is 20.9. The minimum atomic E-state index is -0.522. The molecule has 0 aromatic heterocycles. The Hall–Kier alpha value is -2.31. The van der Waals surface area contributed by atoms with Crippen molar-refractivity contribution in [2.75, 3.05) is 27.2 Å². The molecule has 0 bridgehead atoms. The van der Waals surface area contributed by atoms with Gasteiger partial charge in [0.25, 0.3) is 0 Å². The predicted octanol–water partition coefficient (Wildman–Crippen LogP) is 1.99. The molecule has 23 heavy (non-hydrogen) atoms. The molecule has 0 unspecified atom stereocenters. The maximum absolute atomic E-state index is 12.1. The van der Waals surface area contributed by atoms with Gasteiger partial charge in [0.1, 0.15) is 12.7 Å². The van der Waals surface area contributed by atoms with Gasteiger partial charge >= 0.3 is 12.2 Å². The molecule has 0 aliphatic carbocycles. The summed E-state index contributed by atoms with van der Waals surface area (Å²) in [5.74, 6) is -0.0712. The lowest BCUT2D eigenvalue weighted by Crippen LogP contribution is -2.36. The molecular formula is C16H24N2O5. The molecule has 1 heterocycles. The zero-order chi connectivity index (χ0) is 17.6. The van der Waals surface area contributed by atoms with Gasteiger partial charge < -0.3 is 14.4 Å². The summed E-state index contributed by atoms with van der Waals surface area (Å²) >= 11 is 0. The van der Waals surface area contributed by atoms with E-state index in [4.69, 9.17) is 9.47 Å². The molecule has 2 amide bonds. The van der Waals surface area contributed by atoms with E-state index in [0.29, 0.717) is 12.0 Å². The first kappa shape index (κ1) is 18.7. The van der Waals surface area contributed by atoms with Crippen molar-refractivity contribution in [2.45, 2.75) is 32.4 Å². The third-order valence-electron chi connectivity index (χ3n) is 3.49. The lowest BCUT2D eigenvalue weighted by atomic mass is 10.1. The van der Waals surface area contributed by atoms with E-state index in [1.54, 1.807) is 27.1 Å². The number of ketones is 1. The molecule has 7 nitrogen and oxygen atoms in total. The highest BCUT2D eigenvalue weighted by atomic mass is 16.6. The number of nitrogens with zero attached hydrogens (tertiary/aromatic N) is 2. The molecule has 0 saturated carbocycles. The van der Waals surface area contributed by atoms with Crippen LogP contribution in [0.1, 0.15) is 20.3 Å². The fraction of sp³-hybridized carbons (Fsp3) is 0.562. The Labute approximate surface area is 136 Å². The van der Waals surface area contributed by atoms with Crippen LogP contribution in [0.25, 0.3) is 0 Å². The summed E-state index contributed by atoms with van der Waals surface area (Å²) in [4.78, 5) is 38.0. The molecule has 1 rings (SSSR count). The number of Topliss-reactive ketones (excluding diaryl/α,β-unsaturated/α-hetero) is 1. The second kappa shape index (κ2) is 8.36. The number of amides is 2. The van der Waals surface area contributed by atoms with Crippen molar-refractivity contribution in [2.24, 2.45) is 0 Å². The van der Waals surface area contributed by atoms with Crippen molar-refractivity contribution in [3.63, 3.8) is 0 Å². The SMILES string of the molecule is C=CCOC(=O)N1C[C@H](OC(=O)N(C)C)C[C@H]1C=C(C)C(C)=O. The van der Waals surface area contributed by atoms with E-state index in [-0.39, 0.29) is 25.0 Å². The lowest BCUT2D eigenvalue weighted by Gasteiger charge is -2.21. The van der Waals surface area contributed by atoms with Gasteiger partial charge in [0, 0.05) is 20.5 Å². The molecule has 0 radical (unpaired) electrons. The highest BCUT2D eigenvalue weighted by Gasteiger charge is 2.37. The van der Waals surface area contributed by atoms with Gasteiger partial charge in [0.05, 0.1) is 12.6 Å². The summed E-state index contributed by atoms with van der Waals surface area (Å²) in [6, 6.07) is -0.351. The zero-order valence-corrected chi connectivity index (χ0v) is 14.1. The summed E-state index contributed by atoms with van der Waals surface area (Å²) in [6.07, 6.45) is 2.17. The van der Waals surface area contributed by atoms with Crippen molar-refractivity contribution in [3.8, 4) is 0 Å². The number of carbonyl (C=O) groups excluding carboxylic acids is 3. The maximum atomic E-state index is 12.1. The predicted molar refractivity (Wildman–Crippen MR) is 85.1 cm³/mol. The quantitative estimate of drug-likeness (QED) is 0.571. The maximum Gasteiger partial charge on any atom is 0.410 e. The molecular weight excluding hydrogens is 300 g/mol. The first-order valence-corrected chi connectivity index (χ1v) is 7.37. The average molecular weight is 324 g/mol. The van der Waals surface area contributed by atoms with E-state index >= 15 is 0 Å². The lowest BCUT2D eigenvalue weighted by molar-refractivity contribution is -0.113. The molecule has 1 aliphatic rings. The minimum absolute atomic E-state index is 0.0712. The number of carbonyl (C=O) groups is 3. The van der Waals surface area contributed by atoms with E-state index in [0.717, 1.165) is 0 Å². The Morgan fingerprint density at radius 3 is 2.48 bits per heavy atom. The van der Waals surface area contributed by atoms with Gasteiger partial charge in [-0.15, -0.1) is 0 Å². The van der Waals surface area contributed by atoms with Crippen LogP contribution in [0.5, 0.6) is 0 Å². The van der Waals surface area contributed by atoms with Crippen molar-refractivity contribution in [3.05, 3.63) is 24.3 Å². The first-order valence-electron chi connectivity index (χ1n) is 7.37. The van der Waals surface area contributed by atoms with Crippen molar-refractivity contribution >= 4 is 18.0 Å². The second-order valence-electron chi connectivity index (χ2n) is 5.63. The minimum Gasteiger partial charge on any atom is -0.445 e. The van der Waals surface area contributed by atoms with Crippen LogP contribution in [0.3, 0.4) is 0 Å². The van der Waals surface area contributed by atoms with Gasteiger partial charge in [0.2, 0.25) is 0 Å². The molecule has 2 atom stereocenters. The fourth-order valence-electron chi connectivity index (χ4n) is 2.15. The largest absolute Gasteiger partial charge is 0.445 e. The van der Waals surface area contributed by atoms with Crippen molar-refractivity contribution < 1.29 is 23.9 Å². The van der Waals surface area contributed by atoms with Crippen LogP contribution in [-0.2, 0) is 14.3 Å². The molecule has 1 aliphatic heterocycles. The zero-order valence-electron chi connectivity index (χ0n) is 14.1. The Balaban J connectivity index is 2.87. The van der Waals surface area contributed by atoms with Gasteiger partial charge in [-0.3, -0.25) is 9.69 Å². The Bertz CT molecular complexity index is 513. The average Bonchev–Trinajstić information content (AvgIpc) is 2.86. The molecule has 0 aromatic carbocycles. The van der Waals surface area contributed by atoms with E-state index in [9.17, 15) is 14.4 Å². The first-order chi connectivity index (χ1) is 10.8. The molecule has 7 heteroatoms. The monoisotopic (exact) mass is 324 g/mol. The van der Waals surface area contributed by atoms with Crippen LogP contribution < -0.4 is 0 Å². The van der Waals surface area contributed by atoms with E-state index < -0.39 is 18.3 Å². The van der Waals surface area contributed by atoms with Gasteiger partial charge in [-0.25, -0.2) is 9.59 Å². The molecule has 0 spiro atoms. The molecule has 1 saturated heterocycles. The second-order valence-corrected chi connectivity index (χ2v) is 5.63. The number of allylic oxidation sites excluding steroid dienone is 1. The summed E-state index contributed by atoms with van der Waals surface area (Å²) < 4.78 is 10.4. The summed E-state index contributed by atoms with van der Waals surface area (Å²) in [5, 5.41) is 0. The molecule has 1 fully saturated rings. The number of hydrogen-bond donors (Lipinski definition) is 0. The standard InChI is InChI=1S/C16H24N2O5/c1-6-7-22-16(21)18-10-14(23-15(20)17(4)5)9-13(18)8-11(2)12(3)19/h6,8,13-14H,1,7,9-10H2,2-5H3/t13-,14-/m1/s1. The van der Waals surface area contributed by atoms with Crippen LogP contribution in [0.4, 0.5) is 9.59 Å². The summed E-state index contributed by atoms with van der Waals surface area (Å²) in [5.41, 5.74) is 0.552. The highest BCUT2D eigenvalue weighted by molar-refractivity contribution is 5.92.